The van der Waals surface area contributed by atoms with E-state index in [4.69, 9.17) is 10.5 Å². The maximum absolute atomic E-state index is 12.1. The van der Waals surface area contributed by atoms with Crippen LogP contribution < -0.4 is 5.73 Å². The third-order valence-corrected chi connectivity index (χ3v) is 3.07. The van der Waals surface area contributed by atoms with Crippen molar-refractivity contribution in [1.29, 1.82) is 0 Å². The number of fused-ring (bicyclic) bond motifs is 1. The molecule has 2 rings (SSSR count). The lowest BCUT2D eigenvalue weighted by Crippen LogP contribution is -2.27. The molecule has 0 saturated heterocycles. The van der Waals surface area contributed by atoms with Crippen LogP contribution in [-0.4, -0.2) is 21.1 Å². The second-order valence-electron chi connectivity index (χ2n) is 6.17. The van der Waals surface area contributed by atoms with Gasteiger partial charge in [0.2, 0.25) is 0 Å². The van der Waals surface area contributed by atoms with Gasteiger partial charge in [-0.25, -0.2) is 4.98 Å². The van der Waals surface area contributed by atoms with E-state index in [9.17, 15) is 4.79 Å². The van der Waals surface area contributed by atoms with Crippen molar-refractivity contribution in [1.82, 2.24) is 9.55 Å². The molecule has 1 aromatic heterocycles. The van der Waals surface area contributed by atoms with E-state index in [1.807, 2.05) is 43.5 Å². The van der Waals surface area contributed by atoms with E-state index < -0.39 is 5.60 Å². The number of rotatable bonds is 4. The molecule has 0 aliphatic rings. The van der Waals surface area contributed by atoms with E-state index in [0.29, 0.717) is 5.69 Å². The van der Waals surface area contributed by atoms with Crippen molar-refractivity contribution >= 4 is 22.7 Å². The minimum Gasteiger partial charge on any atom is -0.459 e. The van der Waals surface area contributed by atoms with Gasteiger partial charge in [0.25, 0.3) is 0 Å². The summed E-state index contributed by atoms with van der Waals surface area (Å²) in [5, 5.41) is 0. The van der Waals surface area contributed by atoms with Crippen LogP contribution in [-0.2, 0) is 22.5 Å². The van der Waals surface area contributed by atoms with Gasteiger partial charge in [0, 0.05) is 6.42 Å². The van der Waals surface area contributed by atoms with Gasteiger partial charge in [0.1, 0.15) is 23.5 Å². The molecule has 0 atom stereocenters. The lowest BCUT2D eigenvalue weighted by molar-refractivity contribution is -0.155. The quantitative estimate of drug-likeness (QED) is 0.694. The number of hydrogen-bond acceptors (Lipinski definition) is 4. The first-order valence-corrected chi connectivity index (χ1v) is 7.27. The van der Waals surface area contributed by atoms with Gasteiger partial charge in [-0.05, 0) is 39.3 Å². The first kappa shape index (κ1) is 15.4. The van der Waals surface area contributed by atoms with Crippen LogP contribution >= 0.6 is 0 Å². The predicted molar refractivity (Wildman–Crippen MR) is 84.0 cm³/mol. The number of nitrogen functional groups attached to an aromatic ring is 1. The normalized spacial score (nSPS) is 11.8. The summed E-state index contributed by atoms with van der Waals surface area (Å²) in [6.07, 6.45) is 1.76. The first-order chi connectivity index (χ1) is 9.81. The highest BCUT2D eigenvalue weighted by atomic mass is 16.6. The lowest BCUT2D eigenvalue weighted by atomic mass is 10.2. The number of anilines is 1. The summed E-state index contributed by atoms with van der Waals surface area (Å²) < 4.78 is 7.31. The molecule has 0 radical (unpaired) electrons. The van der Waals surface area contributed by atoms with Crippen molar-refractivity contribution < 1.29 is 9.53 Å². The van der Waals surface area contributed by atoms with E-state index >= 15 is 0 Å². The molecule has 0 bridgehead atoms. The van der Waals surface area contributed by atoms with Gasteiger partial charge in [-0.2, -0.15) is 0 Å². The summed E-state index contributed by atoms with van der Waals surface area (Å²) in [7, 11) is 0. The highest BCUT2D eigenvalue weighted by Crippen LogP contribution is 2.23. The monoisotopic (exact) mass is 289 g/mol. The maximum atomic E-state index is 12.1. The van der Waals surface area contributed by atoms with Crippen molar-refractivity contribution in [3.05, 3.63) is 24.0 Å². The van der Waals surface area contributed by atoms with E-state index in [2.05, 4.69) is 11.9 Å². The van der Waals surface area contributed by atoms with Crippen LogP contribution in [0.25, 0.3) is 11.0 Å². The lowest BCUT2D eigenvalue weighted by Gasteiger charge is -2.20. The Morgan fingerprint density at radius 2 is 2.10 bits per heavy atom. The van der Waals surface area contributed by atoms with Crippen LogP contribution in [0.5, 0.6) is 0 Å². The largest absolute Gasteiger partial charge is 0.459 e. The van der Waals surface area contributed by atoms with Gasteiger partial charge in [-0.15, -0.1) is 0 Å². The zero-order chi connectivity index (χ0) is 15.6. The molecule has 0 aliphatic carbocycles. The Balaban J connectivity index is 2.39. The van der Waals surface area contributed by atoms with E-state index in [1.54, 1.807) is 0 Å². The zero-order valence-electron chi connectivity index (χ0n) is 13.1. The molecular weight excluding hydrogens is 266 g/mol. The van der Waals surface area contributed by atoms with Gasteiger partial charge in [0.05, 0.1) is 11.2 Å². The summed E-state index contributed by atoms with van der Waals surface area (Å²) in [6.45, 7) is 7.83. The number of para-hydroxylation sites is 1. The molecule has 2 aromatic rings. The first-order valence-electron chi connectivity index (χ1n) is 7.27. The van der Waals surface area contributed by atoms with Crippen molar-refractivity contribution in [3.63, 3.8) is 0 Å². The number of aryl methyl sites for hydroxylation is 1. The standard InChI is InChI=1S/C16H23N3O2/c1-5-7-13-18-15-11(17)8-6-9-12(15)19(13)10-14(20)21-16(2,3)4/h6,8-9H,5,7,10,17H2,1-4H3. The van der Waals surface area contributed by atoms with Crippen LogP contribution in [0.2, 0.25) is 0 Å². The SMILES string of the molecule is CCCc1nc2c(N)cccc2n1CC(=O)OC(C)(C)C. The number of hydrogen-bond donors (Lipinski definition) is 1. The molecule has 0 aliphatic heterocycles. The highest BCUT2D eigenvalue weighted by Gasteiger charge is 2.19. The molecule has 0 unspecified atom stereocenters. The fourth-order valence-corrected chi connectivity index (χ4v) is 2.31. The molecule has 2 N–H and O–H groups in total. The molecule has 0 fully saturated rings. The molecule has 0 saturated carbocycles. The molecule has 0 spiro atoms. The number of imidazole rings is 1. The van der Waals surface area contributed by atoms with Crippen molar-refractivity contribution in [2.24, 2.45) is 0 Å². The molecule has 114 valence electrons. The fourth-order valence-electron chi connectivity index (χ4n) is 2.31. The van der Waals surface area contributed by atoms with Crippen LogP contribution in [0.3, 0.4) is 0 Å². The minimum absolute atomic E-state index is 0.159. The molecule has 0 amide bonds. The number of benzene rings is 1. The van der Waals surface area contributed by atoms with Gasteiger partial charge in [-0.3, -0.25) is 4.79 Å². The number of carbonyl (C=O) groups is 1. The summed E-state index contributed by atoms with van der Waals surface area (Å²) in [5.41, 5.74) is 7.75. The Bertz CT molecular complexity index is 653. The fraction of sp³-hybridized carbons (Fsp3) is 0.500. The zero-order valence-corrected chi connectivity index (χ0v) is 13.1. The Hall–Kier alpha value is -2.04. The third kappa shape index (κ3) is 3.54. The number of nitrogens with zero attached hydrogens (tertiary/aromatic N) is 2. The molecule has 1 aromatic carbocycles. The number of ether oxygens (including phenoxy) is 1. The van der Waals surface area contributed by atoms with E-state index in [-0.39, 0.29) is 12.5 Å². The summed E-state index contributed by atoms with van der Waals surface area (Å²) in [4.78, 5) is 16.7. The average Bonchev–Trinajstić information content (AvgIpc) is 2.68. The van der Waals surface area contributed by atoms with E-state index in [0.717, 1.165) is 29.7 Å². The highest BCUT2D eigenvalue weighted by molar-refractivity contribution is 5.88. The molecule has 1 heterocycles. The Labute approximate surface area is 125 Å². The minimum atomic E-state index is -0.489. The number of esters is 1. The van der Waals surface area contributed by atoms with Crippen LogP contribution in [0.4, 0.5) is 5.69 Å². The molecular formula is C16H23N3O2. The Morgan fingerprint density at radius 3 is 2.71 bits per heavy atom. The smallest absolute Gasteiger partial charge is 0.326 e. The molecule has 5 nitrogen and oxygen atoms in total. The van der Waals surface area contributed by atoms with E-state index in [1.165, 1.54) is 0 Å². The number of nitrogens with two attached hydrogens (primary N) is 1. The summed E-state index contributed by atoms with van der Waals surface area (Å²) in [6, 6.07) is 5.63. The Morgan fingerprint density at radius 1 is 1.38 bits per heavy atom. The predicted octanol–water partition coefficient (Wildman–Crippen LogP) is 2.91. The van der Waals surface area contributed by atoms with Crippen LogP contribution in [0.1, 0.15) is 39.9 Å². The second-order valence-corrected chi connectivity index (χ2v) is 6.17. The maximum Gasteiger partial charge on any atom is 0.326 e. The Kier molecular flexibility index (Phi) is 4.21. The van der Waals surface area contributed by atoms with Gasteiger partial charge < -0.3 is 15.0 Å². The van der Waals surface area contributed by atoms with Crippen LogP contribution in [0.15, 0.2) is 18.2 Å². The van der Waals surface area contributed by atoms with Gasteiger partial charge in [-0.1, -0.05) is 13.0 Å². The number of aromatic nitrogens is 2. The van der Waals surface area contributed by atoms with Crippen molar-refractivity contribution in [2.45, 2.75) is 52.7 Å². The number of carbonyl (C=O) groups excluding carboxylic acids is 1. The third-order valence-electron chi connectivity index (χ3n) is 3.07. The van der Waals surface area contributed by atoms with Gasteiger partial charge in [0.15, 0.2) is 0 Å². The van der Waals surface area contributed by atoms with Crippen LogP contribution in [0, 0.1) is 0 Å². The molecule has 21 heavy (non-hydrogen) atoms. The summed E-state index contributed by atoms with van der Waals surface area (Å²) >= 11 is 0. The van der Waals surface area contributed by atoms with Crippen molar-refractivity contribution in [2.75, 3.05) is 5.73 Å². The van der Waals surface area contributed by atoms with Crippen molar-refractivity contribution in [3.8, 4) is 0 Å². The molecule has 5 heteroatoms. The topological polar surface area (TPSA) is 70.1 Å². The summed E-state index contributed by atoms with van der Waals surface area (Å²) in [5.74, 6) is 0.609. The second kappa shape index (κ2) is 5.76. The van der Waals surface area contributed by atoms with Gasteiger partial charge >= 0.3 is 5.97 Å². The average molecular weight is 289 g/mol.